The smallest absolute Gasteiger partial charge is 0.326 e. The molecule has 1 aliphatic heterocycles. The Labute approximate surface area is 190 Å². The van der Waals surface area contributed by atoms with Crippen LogP contribution in [0.2, 0.25) is 0 Å². The lowest BCUT2D eigenvalue weighted by Gasteiger charge is -2.22. The summed E-state index contributed by atoms with van der Waals surface area (Å²) in [7, 11) is 0. The third kappa shape index (κ3) is 4.86. The molecule has 0 aliphatic carbocycles. The van der Waals surface area contributed by atoms with Gasteiger partial charge < -0.3 is 14.6 Å². The van der Waals surface area contributed by atoms with Crippen molar-refractivity contribution < 1.29 is 33.9 Å². The van der Waals surface area contributed by atoms with Gasteiger partial charge in [-0.15, -0.1) is 0 Å². The molecule has 0 saturated carbocycles. The summed E-state index contributed by atoms with van der Waals surface area (Å²) in [5, 5.41) is 29.4. The lowest BCUT2D eigenvalue weighted by atomic mass is 10.1. The summed E-state index contributed by atoms with van der Waals surface area (Å²) in [6.07, 6.45) is 0.667. The van der Waals surface area contributed by atoms with Crippen molar-refractivity contribution in [1.29, 1.82) is 0 Å². The Morgan fingerprint density at radius 2 is 2.03 bits per heavy atom. The van der Waals surface area contributed by atoms with Gasteiger partial charge in [0.25, 0.3) is 11.6 Å². The van der Waals surface area contributed by atoms with Gasteiger partial charge in [-0.2, -0.15) is 0 Å². The number of aryl methyl sites for hydroxylation is 1. The molecule has 1 aliphatic rings. The van der Waals surface area contributed by atoms with Gasteiger partial charge in [0.1, 0.15) is 21.9 Å². The van der Waals surface area contributed by atoms with Crippen molar-refractivity contribution >= 4 is 57.9 Å². The first kappa shape index (κ1) is 23.2. The summed E-state index contributed by atoms with van der Waals surface area (Å²) in [5.41, 5.74) is 0.932. The largest absolute Gasteiger partial charge is 0.481 e. The van der Waals surface area contributed by atoms with Crippen LogP contribution >= 0.6 is 24.0 Å². The summed E-state index contributed by atoms with van der Waals surface area (Å²) in [5.74, 6) is -2.59. The number of carbonyl (C=O) groups excluding carboxylic acids is 1. The molecule has 0 spiro atoms. The van der Waals surface area contributed by atoms with Crippen LogP contribution in [0.5, 0.6) is 0 Å². The minimum Gasteiger partial charge on any atom is -0.481 e. The number of rotatable bonds is 8. The number of aliphatic carboxylic acids is 2. The molecule has 1 unspecified atom stereocenters. The first-order valence-corrected chi connectivity index (χ1v) is 10.4. The molecule has 2 heterocycles. The zero-order valence-electron chi connectivity index (χ0n) is 16.5. The molecule has 1 saturated heterocycles. The van der Waals surface area contributed by atoms with E-state index >= 15 is 0 Å². The van der Waals surface area contributed by atoms with E-state index in [9.17, 15) is 29.6 Å². The minimum absolute atomic E-state index is 0.0000206. The van der Waals surface area contributed by atoms with Crippen molar-refractivity contribution in [3.63, 3.8) is 0 Å². The number of thioether (sulfide) groups is 1. The SMILES string of the molecule is Cc1ccc(-c2ccc(/C=C3\SC(=S)N(C(CCC(=O)O)C(=O)O)C3=O)o2)cc1[N+](=O)[O-]. The predicted octanol–water partition coefficient (Wildman–Crippen LogP) is 3.68. The maximum Gasteiger partial charge on any atom is 0.326 e. The quantitative estimate of drug-likeness (QED) is 0.250. The molecule has 2 aromatic rings. The number of amides is 1. The van der Waals surface area contributed by atoms with Crippen LogP contribution in [0.4, 0.5) is 5.69 Å². The lowest BCUT2D eigenvalue weighted by molar-refractivity contribution is -0.385. The minimum atomic E-state index is -1.40. The monoisotopic (exact) mass is 476 g/mol. The highest BCUT2D eigenvalue weighted by Gasteiger charge is 2.40. The molecule has 2 N–H and O–H groups in total. The van der Waals surface area contributed by atoms with E-state index in [0.717, 1.165) is 16.7 Å². The Morgan fingerprint density at radius 3 is 2.66 bits per heavy atom. The van der Waals surface area contributed by atoms with E-state index in [0.29, 0.717) is 16.9 Å². The first-order chi connectivity index (χ1) is 15.1. The Hall–Kier alpha value is -3.51. The fraction of sp³-hybridized carbons (Fsp3) is 0.200. The van der Waals surface area contributed by atoms with Crippen LogP contribution < -0.4 is 0 Å². The second-order valence-electron chi connectivity index (χ2n) is 6.80. The van der Waals surface area contributed by atoms with E-state index in [2.05, 4.69) is 0 Å². The molecule has 0 bridgehead atoms. The highest BCUT2D eigenvalue weighted by Crippen LogP contribution is 2.36. The number of nitro benzene ring substituents is 1. The van der Waals surface area contributed by atoms with Crippen molar-refractivity contribution in [3.05, 3.63) is 56.7 Å². The Morgan fingerprint density at radius 1 is 1.31 bits per heavy atom. The molecule has 1 aromatic heterocycles. The Balaban J connectivity index is 1.85. The number of nitrogens with zero attached hydrogens (tertiary/aromatic N) is 2. The zero-order valence-corrected chi connectivity index (χ0v) is 18.1. The molecule has 1 fully saturated rings. The fourth-order valence-corrected chi connectivity index (χ4v) is 4.38. The average Bonchev–Trinajstić information content (AvgIpc) is 3.28. The van der Waals surface area contributed by atoms with Crippen molar-refractivity contribution in [2.24, 2.45) is 0 Å². The molecule has 1 aromatic carbocycles. The molecule has 10 nitrogen and oxygen atoms in total. The summed E-state index contributed by atoms with van der Waals surface area (Å²) >= 11 is 6.02. The van der Waals surface area contributed by atoms with Crippen LogP contribution in [0.1, 0.15) is 24.2 Å². The number of benzene rings is 1. The molecule has 3 rings (SSSR count). The van der Waals surface area contributed by atoms with Crippen molar-refractivity contribution in [3.8, 4) is 11.3 Å². The number of carboxylic acids is 2. The van der Waals surface area contributed by atoms with Gasteiger partial charge in [0.05, 0.1) is 9.83 Å². The van der Waals surface area contributed by atoms with Gasteiger partial charge >= 0.3 is 11.9 Å². The standard InChI is InChI=1S/C20H16N2O8S2/c1-10-2-3-11(8-14(10)22(28)29)15-6-4-12(30-15)9-16-18(25)21(20(31)32-16)13(19(26)27)5-7-17(23)24/h2-4,6,8-9,13H,5,7H2,1H3,(H,23,24)(H,26,27)/b16-9-. The van der Waals surface area contributed by atoms with Gasteiger partial charge in [0.2, 0.25) is 0 Å². The van der Waals surface area contributed by atoms with E-state index in [1.807, 2.05) is 0 Å². The van der Waals surface area contributed by atoms with Crippen molar-refractivity contribution in [2.45, 2.75) is 25.8 Å². The number of carboxylic acid groups (broad SMARTS) is 2. The van der Waals surface area contributed by atoms with E-state index in [4.69, 9.17) is 21.7 Å². The second kappa shape index (κ2) is 9.32. The molecule has 1 amide bonds. The number of hydrogen-bond donors (Lipinski definition) is 2. The van der Waals surface area contributed by atoms with Crippen LogP contribution in [0.15, 0.2) is 39.7 Å². The van der Waals surface area contributed by atoms with E-state index in [1.165, 1.54) is 12.1 Å². The highest BCUT2D eigenvalue weighted by molar-refractivity contribution is 8.26. The Kier molecular flexibility index (Phi) is 6.75. The van der Waals surface area contributed by atoms with Crippen LogP contribution in [0, 0.1) is 17.0 Å². The van der Waals surface area contributed by atoms with Crippen LogP contribution in [-0.4, -0.2) is 48.2 Å². The van der Waals surface area contributed by atoms with Gasteiger partial charge in [0.15, 0.2) is 0 Å². The number of furan rings is 1. The fourth-order valence-electron chi connectivity index (χ4n) is 3.05. The maximum absolute atomic E-state index is 12.8. The van der Waals surface area contributed by atoms with Gasteiger partial charge in [-0.05, 0) is 25.5 Å². The third-order valence-electron chi connectivity index (χ3n) is 4.64. The zero-order chi connectivity index (χ0) is 23.6. The van der Waals surface area contributed by atoms with Crippen LogP contribution in [0.3, 0.4) is 0 Å². The van der Waals surface area contributed by atoms with E-state index in [-0.39, 0.29) is 27.1 Å². The van der Waals surface area contributed by atoms with Crippen LogP contribution in [0.25, 0.3) is 17.4 Å². The number of nitro groups is 1. The van der Waals surface area contributed by atoms with Crippen molar-refractivity contribution in [1.82, 2.24) is 4.90 Å². The molecular formula is C20H16N2O8S2. The summed E-state index contributed by atoms with van der Waals surface area (Å²) in [6, 6.07) is 6.41. The molecular weight excluding hydrogens is 460 g/mol. The first-order valence-electron chi connectivity index (χ1n) is 9.15. The second-order valence-corrected chi connectivity index (χ2v) is 8.47. The maximum atomic E-state index is 12.8. The topological polar surface area (TPSA) is 151 Å². The summed E-state index contributed by atoms with van der Waals surface area (Å²) < 4.78 is 5.69. The van der Waals surface area contributed by atoms with Gasteiger partial charge in [-0.1, -0.05) is 36.1 Å². The van der Waals surface area contributed by atoms with Gasteiger partial charge in [-0.25, -0.2) is 4.79 Å². The van der Waals surface area contributed by atoms with E-state index < -0.39 is 35.2 Å². The molecule has 1 atom stereocenters. The summed E-state index contributed by atoms with van der Waals surface area (Å²) in [4.78, 5) is 46.8. The van der Waals surface area contributed by atoms with Crippen LogP contribution in [-0.2, 0) is 14.4 Å². The predicted molar refractivity (Wildman–Crippen MR) is 119 cm³/mol. The van der Waals surface area contributed by atoms with Crippen molar-refractivity contribution in [2.75, 3.05) is 0 Å². The molecule has 166 valence electrons. The number of thiocarbonyl (C=S) groups is 1. The van der Waals surface area contributed by atoms with Gasteiger partial charge in [-0.3, -0.25) is 24.6 Å². The molecule has 0 radical (unpaired) electrons. The third-order valence-corrected chi connectivity index (χ3v) is 5.97. The Bertz CT molecular complexity index is 1170. The number of carbonyl (C=O) groups is 3. The molecule has 32 heavy (non-hydrogen) atoms. The number of hydrogen-bond acceptors (Lipinski definition) is 8. The summed E-state index contributed by atoms with van der Waals surface area (Å²) in [6.45, 7) is 1.62. The normalized spacial score (nSPS) is 15.9. The lowest BCUT2D eigenvalue weighted by Crippen LogP contribution is -2.44. The highest BCUT2D eigenvalue weighted by atomic mass is 32.2. The molecule has 12 heteroatoms. The van der Waals surface area contributed by atoms with Gasteiger partial charge in [0, 0.05) is 29.7 Å². The van der Waals surface area contributed by atoms with E-state index in [1.54, 1.807) is 31.2 Å². The average molecular weight is 476 g/mol.